The van der Waals surface area contributed by atoms with Crippen LogP contribution in [0.25, 0.3) is 16.3 Å². The molecular formula is C12H9N3O2S. The Morgan fingerprint density at radius 1 is 1.39 bits per heavy atom. The summed E-state index contributed by atoms with van der Waals surface area (Å²) in [6.07, 6.45) is 0. The van der Waals surface area contributed by atoms with Gasteiger partial charge < -0.3 is 5.11 Å². The summed E-state index contributed by atoms with van der Waals surface area (Å²) in [6, 6.07) is 7.76. The summed E-state index contributed by atoms with van der Waals surface area (Å²) in [5.74, 6) is -0.440. The van der Waals surface area contributed by atoms with Gasteiger partial charge in [-0.05, 0) is 12.5 Å². The van der Waals surface area contributed by atoms with Gasteiger partial charge >= 0.3 is 5.97 Å². The number of hydrogen-bond donors (Lipinski definition) is 1. The van der Waals surface area contributed by atoms with Gasteiger partial charge in [0.25, 0.3) is 0 Å². The van der Waals surface area contributed by atoms with Gasteiger partial charge in [0.1, 0.15) is 0 Å². The standard InChI is InChI=1S/C12H9N3O2S/c1-7-4-2-3-5-8(7)10-13-12-15(14-10)9(6-18-12)11(16)17/h2-6H,1H3,(H,16,17). The maximum Gasteiger partial charge on any atom is 0.355 e. The van der Waals surface area contributed by atoms with Gasteiger partial charge in [-0.25, -0.2) is 4.79 Å². The van der Waals surface area contributed by atoms with E-state index in [4.69, 9.17) is 5.11 Å². The van der Waals surface area contributed by atoms with Gasteiger partial charge in [0.15, 0.2) is 11.5 Å². The summed E-state index contributed by atoms with van der Waals surface area (Å²) >= 11 is 1.27. The van der Waals surface area contributed by atoms with Crippen LogP contribution in [0.2, 0.25) is 0 Å². The number of hydrogen-bond acceptors (Lipinski definition) is 4. The third-order valence-corrected chi connectivity index (χ3v) is 3.50. The van der Waals surface area contributed by atoms with Crippen molar-refractivity contribution in [1.82, 2.24) is 14.6 Å². The highest BCUT2D eigenvalue weighted by molar-refractivity contribution is 7.15. The zero-order valence-electron chi connectivity index (χ0n) is 9.49. The van der Waals surface area contributed by atoms with Crippen LogP contribution >= 0.6 is 11.3 Å². The van der Waals surface area contributed by atoms with Crippen molar-refractivity contribution in [2.75, 3.05) is 0 Å². The van der Waals surface area contributed by atoms with Crippen molar-refractivity contribution in [3.05, 3.63) is 40.9 Å². The third kappa shape index (κ3) is 1.58. The van der Waals surface area contributed by atoms with E-state index in [0.29, 0.717) is 10.8 Å². The Morgan fingerprint density at radius 3 is 2.89 bits per heavy atom. The maximum absolute atomic E-state index is 11.0. The van der Waals surface area contributed by atoms with Crippen molar-refractivity contribution in [3.8, 4) is 11.4 Å². The Balaban J connectivity index is 2.20. The Hall–Kier alpha value is -2.21. The zero-order chi connectivity index (χ0) is 12.7. The van der Waals surface area contributed by atoms with Crippen molar-refractivity contribution < 1.29 is 9.90 Å². The summed E-state index contributed by atoms with van der Waals surface area (Å²) in [6.45, 7) is 1.97. The molecule has 90 valence electrons. The average Bonchev–Trinajstić information content (AvgIpc) is 2.88. The molecule has 1 aromatic carbocycles. The predicted octanol–water partition coefficient (Wildman–Crippen LogP) is 2.46. The average molecular weight is 259 g/mol. The molecule has 3 aromatic rings. The van der Waals surface area contributed by atoms with E-state index < -0.39 is 5.97 Å². The molecular weight excluding hydrogens is 250 g/mol. The van der Waals surface area contributed by atoms with Crippen LogP contribution in [-0.4, -0.2) is 25.7 Å². The molecule has 0 saturated heterocycles. The lowest BCUT2D eigenvalue weighted by atomic mass is 10.1. The van der Waals surface area contributed by atoms with Crippen LogP contribution < -0.4 is 0 Å². The monoisotopic (exact) mass is 259 g/mol. The Labute approximate surface area is 106 Å². The van der Waals surface area contributed by atoms with E-state index >= 15 is 0 Å². The van der Waals surface area contributed by atoms with Crippen LogP contribution in [-0.2, 0) is 0 Å². The topological polar surface area (TPSA) is 67.5 Å². The smallest absolute Gasteiger partial charge is 0.355 e. The summed E-state index contributed by atoms with van der Waals surface area (Å²) in [4.78, 5) is 15.9. The number of benzene rings is 1. The van der Waals surface area contributed by atoms with Crippen molar-refractivity contribution in [3.63, 3.8) is 0 Å². The van der Waals surface area contributed by atoms with Gasteiger partial charge in [0.2, 0.25) is 4.96 Å². The number of aromatic carboxylic acids is 1. The fourth-order valence-electron chi connectivity index (χ4n) is 1.77. The van der Waals surface area contributed by atoms with Crippen molar-refractivity contribution in [1.29, 1.82) is 0 Å². The van der Waals surface area contributed by atoms with Crippen molar-refractivity contribution >= 4 is 22.3 Å². The third-order valence-electron chi connectivity index (χ3n) is 2.69. The lowest BCUT2D eigenvalue weighted by molar-refractivity contribution is 0.0688. The minimum Gasteiger partial charge on any atom is -0.476 e. The van der Waals surface area contributed by atoms with Gasteiger partial charge in [0, 0.05) is 10.9 Å². The van der Waals surface area contributed by atoms with Crippen LogP contribution in [0.1, 0.15) is 16.1 Å². The van der Waals surface area contributed by atoms with E-state index in [0.717, 1.165) is 11.1 Å². The molecule has 0 aliphatic rings. The van der Waals surface area contributed by atoms with E-state index in [9.17, 15) is 4.79 Å². The van der Waals surface area contributed by atoms with E-state index in [1.807, 2.05) is 31.2 Å². The molecule has 0 aliphatic carbocycles. The lowest BCUT2D eigenvalue weighted by Crippen LogP contribution is -2.01. The molecule has 0 spiro atoms. The fourth-order valence-corrected chi connectivity index (χ4v) is 2.56. The van der Waals surface area contributed by atoms with Gasteiger partial charge in [-0.3, -0.25) is 0 Å². The second-order valence-electron chi connectivity index (χ2n) is 3.87. The first-order valence-electron chi connectivity index (χ1n) is 5.30. The van der Waals surface area contributed by atoms with Crippen LogP contribution in [0.3, 0.4) is 0 Å². The quantitative estimate of drug-likeness (QED) is 0.767. The largest absolute Gasteiger partial charge is 0.476 e. The van der Waals surface area contributed by atoms with Gasteiger partial charge in [-0.1, -0.05) is 24.3 Å². The highest BCUT2D eigenvalue weighted by Gasteiger charge is 2.16. The normalized spacial score (nSPS) is 10.9. The second-order valence-corrected chi connectivity index (χ2v) is 4.71. The number of fused-ring (bicyclic) bond motifs is 1. The fraction of sp³-hybridized carbons (Fsp3) is 0.0833. The Morgan fingerprint density at radius 2 is 2.17 bits per heavy atom. The molecule has 5 nitrogen and oxygen atoms in total. The molecule has 1 N–H and O–H groups in total. The number of carboxylic acids is 1. The first-order chi connectivity index (χ1) is 8.66. The van der Waals surface area contributed by atoms with Crippen LogP contribution in [0, 0.1) is 6.92 Å². The minimum absolute atomic E-state index is 0.141. The minimum atomic E-state index is -0.998. The molecule has 0 radical (unpaired) electrons. The predicted molar refractivity (Wildman–Crippen MR) is 68.0 cm³/mol. The molecule has 0 fully saturated rings. The molecule has 0 atom stereocenters. The molecule has 2 aromatic heterocycles. The molecule has 0 aliphatic heterocycles. The first kappa shape index (κ1) is 10.9. The second kappa shape index (κ2) is 3.92. The number of aryl methyl sites for hydroxylation is 1. The SMILES string of the molecule is Cc1ccccc1-c1nc2scc(C(=O)O)n2n1. The number of nitrogens with zero attached hydrogens (tertiary/aromatic N) is 3. The number of carboxylic acid groups (broad SMARTS) is 1. The van der Waals surface area contributed by atoms with Crippen LogP contribution in [0.15, 0.2) is 29.6 Å². The van der Waals surface area contributed by atoms with Crippen LogP contribution in [0.5, 0.6) is 0 Å². The molecule has 18 heavy (non-hydrogen) atoms. The Bertz CT molecular complexity index is 745. The van der Waals surface area contributed by atoms with E-state index in [2.05, 4.69) is 10.1 Å². The van der Waals surface area contributed by atoms with E-state index in [1.165, 1.54) is 15.9 Å². The highest BCUT2D eigenvalue weighted by atomic mass is 32.1. The summed E-state index contributed by atoms with van der Waals surface area (Å²) in [7, 11) is 0. The van der Waals surface area contributed by atoms with E-state index in [1.54, 1.807) is 5.38 Å². The van der Waals surface area contributed by atoms with Crippen molar-refractivity contribution in [2.45, 2.75) is 6.92 Å². The molecule has 2 heterocycles. The summed E-state index contributed by atoms with van der Waals surface area (Å²) < 4.78 is 1.37. The van der Waals surface area contributed by atoms with Gasteiger partial charge in [-0.2, -0.15) is 9.50 Å². The molecule has 0 unspecified atom stereocenters. The zero-order valence-corrected chi connectivity index (χ0v) is 10.3. The number of rotatable bonds is 2. The molecule has 0 bridgehead atoms. The highest BCUT2D eigenvalue weighted by Crippen LogP contribution is 2.23. The molecule has 6 heteroatoms. The van der Waals surface area contributed by atoms with Crippen molar-refractivity contribution in [2.24, 2.45) is 0 Å². The molecule has 0 amide bonds. The van der Waals surface area contributed by atoms with E-state index in [-0.39, 0.29) is 5.69 Å². The lowest BCUT2D eigenvalue weighted by Gasteiger charge is -1.98. The summed E-state index contributed by atoms with van der Waals surface area (Å²) in [5, 5.41) is 14.8. The Kier molecular flexibility index (Phi) is 2.38. The van der Waals surface area contributed by atoms with Gasteiger partial charge in [0.05, 0.1) is 0 Å². The summed E-state index contributed by atoms with van der Waals surface area (Å²) in [5.41, 5.74) is 2.12. The number of thiazole rings is 1. The number of aromatic nitrogens is 3. The molecule has 3 rings (SSSR count). The maximum atomic E-state index is 11.0. The van der Waals surface area contributed by atoms with Gasteiger partial charge in [-0.15, -0.1) is 16.4 Å². The molecule has 0 saturated carbocycles. The first-order valence-corrected chi connectivity index (χ1v) is 6.18. The van der Waals surface area contributed by atoms with Crippen LogP contribution in [0.4, 0.5) is 0 Å². The number of carbonyl (C=O) groups is 1.